The molecule has 0 aliphatic rings. The van der Waals surface area contributed by atoms with Crippen molar-refractivity contribution < 1.29 is 9.90 Å². The van der Waals surface area contributed by atoms with E-state index in [4.69, 9.17) is 5.11 Å². The minimum absolute atomic E-state index is 0.0764. The molecule has 0 fully saturated rings. The molecule has 0 saturated carbocycles. The van der Waals surface area contributed by atoms with Crippen LogP contribution in [0.25, 0.3) is 0 Å². The summed E-state index contributed by atoms with van der Waals surface area (Å²) in [5.41, 5.74) is 4.22. The number of aryl methyl sites for hydroxylation is 1. The number of aliphatic carboxylic acids is 1. The van der Waals surface area contributed by atoms with Crippen molar-refractivity contribution in [1.29, 1.82) is 0 Å². The normalized spacial score (nSPS) is 10.0. The number of anilines is 1. The molecule has 136 valence electrons. The molecule has 0 aliphatic heterocycles. The Bertz CT molecular complexity index is 754. The van der Waals surface area contributed by atoms with E-state index in [9.17, 15) is 4.79 Å². The lowest BCUT2D eigenvalue weighted by molar-refractivity contribution is -0.136. The predicted molar refractivity (Wildman–Crippen MR) is 107 cm³/mol. The molecule has 2 N–H and O–H groups in total. The zero-order valence-electron chi connectivity index (χ0n) is 15.4. The van der Waals surface area contributed by atoms with Gasteiger partial charge < -0.3 is 10.4 Å². The van der Waals surface area contributed by atoms with Crippen LogP contribution in [0.5, 0.6) is 0 Å². The zero-order chi connectivity index (χ0) is 18.6. The Balaban J connectivity index is 1.54. The Morgan fingerprint density at radius 1 is 1.04 bits per heavy atom. The number of carboxylic acid groups (broad SMARTS) is 1. The number of hydrogen-bond donors (Lipinski definition) is 2. The standard InChI is InChI=1S/C23H27NO2/c1-19-9-8-11-20(17-19)10-6-4-2-3-5-7-16-24-22-14-12-21(13-15-22)18-23(25)26/h8-9,11-15,17,24H,2-5,7,16,18H2,1H3,(H,25,26). The third-order valence-electron chi connectivity index (χ3n) is 4.12. The van der Waals surface area contributed by atoms with Crippen molar-refractivity contribution in [3.63, 3.8) is 0 Å². The first-order valence-electron chi connectivity index (χ1n) is 9.23. The maximum atomic E-state index is 10.7. The summed E-state index contributed by atoms with van der Waals surface area (Å²) in [4.78, 5) is 10.7. The average Bonchev–Trinajstić information content (AvgIpc) is 2.61. The highest BCUT2D eigenvalue weighted by atomic mass is 16.4. The highest BCUT2D eigenvalue weighted by Crippen LogP contribution is 2.11. The second kappa shape index (κ2) is 11.0. The fraction of sp³-hybridized carbons (Fsp3) is 0.348. The van der Waals surface area contributed by atoms with Gasteiger partial charge in [-0.05, 0) is 55.2 Å². The van der Waals surface area contributed by atoms with Crippen LogP contribution < -0.4 is 5.32 Å². The van der Waals surface area contributed by atoms with Crippen molar-refractivity contribution in [1.82, 2.24) is 0 Å². The van der Waals surface area contributed by atoms with Crippen LogP contribution in [-0.4, -0.2) is 17.6 Å². The molecule has 2 rings (SSSR count). The van der Waals surface area contributed by atoms with Crippen LogP contribution in [0.2, 0.25) is 0 Å². The third-order valence-corrected chi connectivity index (χ3v) is 4.12. The Labute approximate surface area is 156 Å². The van der Waals surface area contributed by atoms with E-state index in [2.05, 4.69) is 42.3 Å². The lowest BCUT2D eigenvalue weighted by atomic mass is 10.1. The van der Waals surface area contributed by atoms with Gasteiger partial charge in [0.2, 0.25) is 0 Å². The number of nitrogens with one attached hydrogen (secondary N) is 1. The van der Waals surface area contributed by atoms with Crippen LogP contribution in [0.1, 0.15) is 48.8 Å². The van der Waals surface area contributed by atoms with Crippen LogP contribution in [0.15, 0.2) is 48.5 Å². The number of unbranched alkanes of at least 4 members (excludes halogenated alkanes) is 4. The molecule has 0 radical (unpaired) electrons. The fourth-order valence-electron chi connectivity index (χ4n) is 2.73. The first-order valence-corrected chi connectivity index (χ1v) is 9.23. The van der Waals surface area contributed by atoms with Gasteiger partial charge in [-0.1, -0.05) is 48.9 Å². The summed E-state index contributed by atoms with van der Waals surface area (Å²) >= 11 is 0. The van der Waals surface area contributed by atoms with Gasteiger partial charge in [0.05, 0.1) is 6.42 Å². The summed E-state index contributed by atoms with van der Waals surface area (Å²) in [6, 6.07) is 15.9. The maximum Gasteiger partial charge on any atom is 0.307 e. The van der Waals surface area contributed by atoms with E-state index in [0.29, 0.717) is 0 Å². The van der Waals surface area contributed by atoms with Crippen LogP contribution in [0.3, 0.4) is 0 Å². The van der Waals surface area contributed by atoms with Gasteiger partial charge in [-0.25, -0.2) is 0 Å². The van der Waals surface area contributed by atoms with Gasteiger partial charge in [0.15, 0.2) is 0 Å². The third kappa shape index (κ3) is 7.90. The Kier molecular flexibility index (Phi) is 8.29. The molecule has 3 nitrogen and oxygen atoms in total. The summed E-state index contributed by atoms with van der Waals surface area (Å²) < 4.78 is 0. The van der Waals surface area contributed by atoms with Crippen molar-refractivity contribution in [3.05, 3.63) is 65.2 Å². The van der Waals surface area contributed by atoms with Crippen molar-refractivity contribution in [2.24, 2.45) is 0 Å². The zero-order valence-corrected chi connectivity index (χ0v) is 15.4. The van der Waals surface area contributed by atoms with E-state index in [0.717, 1.165) is 42.6 Å². The van der Waals surface area contributed by atoms with Crippen molar-refractivity contribution in [2.75, 3.05) is 11.9 Å². The number of carbonyl (C=O) groups is 1. The van der Waals surface area contributed by atoms with Gasteiger partial charge >= 0.3 is 5.97 Å². The molecular weight excluding hydrogens is 322 g/mol. The molecule has 3 heteroatoms. The largest absolute Gasteiger partial charge is 0.481 e. The smallest absolute Gasteiger partial charge is 0.307 e. The first kappa shape index (κ1) is 19.6. The number of hydrogen-bond acceptors (Lipinski definition) is 2. The molecule has 0 bridgehead atoms. The maximum absolute atomic E-state index is 10.7. The average molecular weight is 349 g/mol. The van der Waals surface area contributed by atoms with Gasteiger partial charge in [-0.3, -0.25) is 4.79 Å². The van der Waals surface area contributed by atoms with Crippen molar-refractivity contribution in [3.8, 4) is 11.8 Å². The summed E-state index contributed by atoms with van der Waals surface area (Å²) in [7, 11) is 0. The SMILES string of the molecule is Cc1cccc(C#CCCCCCCNc2ccc(CC(=O)O)cc2)c1. The Morgan fingerprint density at radius 2 is 1.81 bits per heavy atom. The highest BCUT2D eigenvalue weighted by molar-refractivity contribution is 5.70. The second-order valence-corrected chi connectivity index (χ2v) is 6.53. The molecular formula is C23H27NO2. The van der Waals surface area contributed by atoms with Crippen molar-refractivity contribution >= 4 is 11.7 Å². The van der Waals surface area contributed by atoms with E-state index < -0.39 is 5.97 Å². The van der Waals surface area contributed by atoms with E-state index in [1.165, 1.54) is 18.4 Å². The van der Waals surface area contributed by atoms with Crippen LogP contribution in [0.4, 0.5) is 5.69 Å². The summed E-state index contributed by atoms with van der Waals surface area (Å²) in [5.74, 6) is 5.69. The van der Waals surface area contributed by atoms with Crippen molar-refractivity contribution in [2.45, 2.75) is 45.4 Å². The molecule has 0 amide bonds. The van der Waals surface area contributed by atoms with Gasteiger partial charge in [0.1, 0.15) is 0 Å². The molecule has 0 aliphatic carbocycles. The van der Waals surface area contributed by atoms with Gasteiger partial charge in [0.25, 0.3) is 0 Å². The molecule has 0 atom stereocenters. The highest BCUT2D eigenvalue weighted by Gasteiger charge is 2.00. The number of rotatable bonds is 9. The lowest BCUT2D eigenvalue weighted by Crippen LogP contribution is -2.03. The minimum Gasteiger partial charge on any atom is -0.481 e. The fourth-order valence-corrected chi connectivity index (χ4v) is 2.73. The Hall–Kier alpha value is -2.73. The quantitative estimate of drug-likeness (QED) is 0.493. The minimum atomic E-state index is -0.797. The van der Waals surface area contributed by atoms with Crippen LogP contribution in [0, 0.1) is 18.8 Å². The number of benzene rings is 2. The molecule has 0 saturated heterocycles. The molecule has 0 unspecified atom stereocenters. The van der Waals surface area contributed by atoms with E-state index >= 15 is 0 Å². The van der Waals surface area contributed by atoms with E-state index in [1.807, 2.05) is 30.3 Å². The van der Waals surface area contributed by atoms with Crippen LogP contribution in [-0.2, 0) is 11.2 Å². The summed E-state index contributed by atoms with van der Waals surface area (Å²) in [6.45, 7) is 3.02. The molecule has 0 spiro atoms. The molecule has 0 heterocycles. The van der Waals surface area contributed by atoms with E-state index in [-0.39, 0.29) is 6.42 Å². The molecule has 2 aromatic carbocycles. The van der Waals surface area contributed by atoms with Gasteiger partial charge in [-0.2, -0.15) is 0 Å². The predicted octanol–water partition coefficient (Wildman–Crippen LogP) is 5.04. The lowest BCUT2D eigenvalue weighted by Gasteiger charge is -2.07. The summed E-state index contributed by atoms with van der Waals surface area (Å²) in [6.07, 6.45) is 5.68. The van der Waals surface area contributed by atoms with Gasteiger partial charge in [0, 0.05) is 24.2 Å². The van der Waals surface area contributed by atoms with Gasteiger partial charge in [-0.15, -0.1) is 0 Å². The molecule has 2 aromatic rings. The Morgan fingerprint density at radius 3 is 2.54 bits per heavy atom. The monoisotopic (exact) mass is 349 g/mol. The first-order chi connectivity index (χ1) is 12.6. The summed E-state index contributed by atoms with van der Waals surface area (Å²) in [5, 5.41) is 12.1. The molecule has 26 heavy (non-hydrogen) atoms. The topological polar surface area (TPSA) is 49.3 Å². The number of carboxylic acids is 1. The second-order valence-electron chi connectivity index (χ2n) is 6.53. The van der Waals surface area contributed by atoms with Crippen LogP contribution >= 0.6 is 0 Å². The molecule has 0 aromatic heterocycles. The van der Waals surface area contributed by atoms with E-state index in [1.54, 1.807) is 0 Å².